The number of rotatable bonds is 23. The van der Waals surface area contributed by atoms with Gasteiger partial charge in [0, 0.05) is 37.3 Å². The van der Waals surface area contributed by atoms with E-state index in [1.807, 2.05) is 0 Å². The Labute approximate surface area is 489 Å². The molecule has 0 aromatic heterocycles. The quantitative estimate of drug-likeness (QED) is 0.0334. The molecule has 7 amide bonds. The molecule has 0 spiro atoms. The van der Waals surface area contributed by atoms with Crippen LogP contribution in [-0.2, 0) is 46.3 Å². The van der Waals surface area contributed by atoms with E-state index in [2.05, 4.69) is 37.2 Å². The normalized spacial score (nSPS) is 14.8. The minimum Gasteiger partial charge on any atom is -0.480 e. The summed E-state index contributed by atoms with van der Waals surface area (Å²) in [4.78, 5) is 111. The number of carbonyl (C=O) groups is 9. The Morgan fingerprint density at radius 2 is 0.914 bits per heavy atom. The van der Waals surface area contributed by atoms with E-state index in [4.69, 9.17) is 56.9 Å². The van der Waals surface area contributed by atoms with E-state index in [1.54, 1.807) is 106 Å². The summed E-state index contributed by atoms with van der Waals surface area (Å²) in [5.41, 5.74) is 5.63. The minimum absolute atomic E-state index is 0.0226. The molecule has 0 heterocycles. The number of anilines is 2. The number of ether oxygens (including phenoxy) is 1. The van der Waals surface area contributed by atoms with Crippen molar-refractivity contribution in [3.05, 3.63) is 127 Å². The average molecular weight is 1200 g/mol. The van der Waals surface area contributed by atoms with Crippen LogP contribution in [0.1, 0.15) is 117 Å². The smallest absolute Gasteiger partial charge is 0.408 e. The van der Waals surface area contributed by atoms with Crippen molar-refractivity contribution in [2.24, 2.45) is 16.6 Å². The molecule has 0 aliphatic heterocycles. The number of benzene rings is 4. The Morgan fingerprint density at radius 1 is 0.556 bits per heavy atom. The largest absolute Gasteiger partial charge is 0.480 e. The second-order valence-electron chi connectivity index (χ2n) is 20.9. The summed E-state index contributed by atoms with van der Waals surface area (Å²) in [6, 6.07) is 20.4. The van der Waals surface area contributed by atoms with E-state index in [1.165, 1.54) is 0 Å². The van der Waals surface area contributed by atoms with Crippen LogP contribution in [0.15, 0.2) is 84.9 Å². The molecule has 11 N–H and O–H groups in total. The lowest BCUT2D eigenvalue weighted by molar-refractivity contribution is -0.144. The molecule has 2 atom stereocenters. The van der Waals surface area contributed by atoms with Crippen LogP contribution < -0.4 is 43.0 Å². The SMILES string of the molecule is CC(C)(C)OC(=O)NCC(=O)NCCC1(C(=O)N[C@@H](Cc2ccc(NC(=O)c3c(Cl)cccc3Cl)cc2)C(=O)O)CCCC1.NCC(=O)NCCC1(C(=O)N[C@@H](Cc2ccc(NC(=O)c3c(Cl)cccc3Cl)cc2)C(=O)O)CCCC1. The molecule has 0 bridgehead atoms. The lowest BCUT2D eigenvalue weighted by Gasteiger charge is -2.29. The highest BCUT2D eigenvalue weighted by Gasteiger charge is 2.43. The van der Waals surface area contributed by atoms with Gasteiger partial charge in [0.25, 0.3) is 11.8 Å². The van der Waals surface area contributed by atoms with Gasteiger partial charge in [-0.25, -0.2) is 14.4 Å². The number of nitrogens with one attached hydrogen (secondary N) is 7. The third-order valence-corrected chi connectivity index (χ3v) is 15.1. The van der Waals surface area contributed by atoms with Gasteiger partial charge in [-0.1, -0.05) is 108 Å². The van der Waals surface area contributed by atoms with Crippen LogP contribution in [0.2, 0.25) is 20.1 Å². The van der Waals surface area contributed by atoms with Crippen molar-refractivity contribution in [3.8, 4) is 0 Å². The minimum atomic E-state index is -1.19. The summed E-state index contributed by atoms with van der Waals surface area (Å²) in [6.07, 6.45) is 5.88. The lowest BCUT2D eigenvalue weighted by atomic mass is 9.81. The Hall–Kier alpha value is -6.97. The highest BCUT2D eigenvalue weighted by Crippen LogP contribution is 2.42. The zero-order valence-corrected chi connectivity index (χ0v) is 48.1. The number of carboxylic acid groups (broad SMARTS) is 2. The van der Waals surface area contributed by atoms with Gasteiger partial charge in [0.1, 0.15) is 17.7 Å². The lowest BCUT2D eigenvalue weighted by Crippen LogP contribution is -2.49. The number of carboxylic acids is 2. The first-order valence-corrected chi connectivity index (χ1v) is 27.8. The summed E-state index contributed by atoms with van der Waals surface area (Å²) >= 11 is 24.4. The predicted octanol–water partition coefficient (Wildman–Crippen LogP) is 8.33. The van der Waals surface area contributed by atoms with Gasteiger partial charge in [-0.3, -0.25) is 28.8 Å². The molecule has 2 aliphatic rings. The van der Waals surface area contributed by atoms with Crippen LogP contribution in [0.25, 0.3) is 0 Å². The molecule has 24 heteroatoms. The van der Waals surface area contributed by atoms with E-state index < -0.39 is 64.3 Å². The fourth-order valence-corrected chi connectivity index (χ4v) is 10.7. The molecule has 6 rings (SSSR count). The molecule has 4 aromatic rings. The van der Waals surface area contributed by atoms with Crippen LogP contribution >= 0.6 is 46.4 Å². The summed E-state index contributed by atoms with van der Waals surface area (Å²) < 4.78 is 5.11. The number of amides is 7. The second kappa shape index (κ2) is 30.2. The number of hydrogen-bond acceptors (Lipinski definition) is 11. The summed E-state index contributed by atoms with van der Waals surface area (Å²) in [5.74, 6) is -4.70. The van der Waals surface area contributed by atoms with Crippen LogP contribution in [0.3, 0.4) is 0 Å². The van der Waals surface area contributed by atoms with Crippen LogP contribution in [0.4, 0.5) is 16.2 Å². The van der Waals surface area contributed by atoms with Crippen molar-refractivity contribution in [2.45, 2.75) is 116 Å². The molecule has 0 saturated heterocycles. The maximum atomic E-state index is 13.4. The first kappa shape index (κ1) is 64.8. The third kappa shape index (κ3) is 19.6. The van der Waals surface area contributed by atoms with Crippen LogP contribution in [0.5, 0.6) is 0 Å². The molecule has 4 aromatic carbocycles. The number of halogens is 4. The van der Waals surface area contributed by atoms with Crippen molar-refractivity contribution in [3.63, 3.8) is 0 Å². The van der Waals surface area contributed by atoms with Gasteiger partial charge in [-0.15, -0.1) is 0 Å². The van der Waals surface area contributed by atoms with E-state index in [0.29, 0.717) is 67.6 Å². The van der Waals surface area contributed by atoms with E-state index >= 15 is 0 Å². The third-order valence-electron chi connectivity index (χ3n) is 13.8. The van der Waals surface area contributed by atoms with E-state index in [9.17, 15) is 53.4 Å². The Morgan fingerprint density at radius 3 is 1.25 bits per heavy atom. The molecular formula is C57H68Cl4N8O12. The maximum Gasteiger partial charge on any atom is 0.408 e. The van der Waals surface area contributed by atoms with Crippen molar-refractivity contribution < 1.29 is 58.1 Å². The van der Waals surface area contributed by atoms with Gasteiger partial charge in [0.05, 0.1) is 55.1 Å². The Kier molecular flexibility index (Phi) is 24.2. The van der Waals surface area contributed by atoms with E-state index in [0.717, 1.165) is 25.7 Å². The van der Waals surface area contributed by atoms with Gasteiger partial charge >= 0.3 is 18.0 Å². The fourth-order valence-electron chi connectivity index (χ4n) is 9.53. The number of alkyl carbamates (subject to hydrolysis) is 1. The highest BCUT2D eigenvalue weighted by molar-refractivity contribution is 6.41. The number of carbonyl (C=O) groups excluding carboxylic acids is 7. The monoisotopic (exact) mass is 1200 g/mol. The second-order valence-corrected chi connectivity index (χ2v) is 22.5. The molecule has 436 valence electrons. The zero-order valence-electron chi connectivity index (χ0n) is 45.1. The first-order valence-electron chi connectivity index (χ1n) is 26.3. The fraction of sp³-hybridized carbons (Fsp3) is 0.421. The molecule has 20 nitrogen and oxygen atoms in total. The molecular weight excluding hydrogens is 1130 g/mol. The topological polar surface area (TPSA) is 314 Å². The maximum absolute atomic E-state index is 13.4. The van der Waals surface area contributed by atoms with Crippen LogP contribution in [-0.4, -0.2) is 108 Å². The van der Waals surface area contributed by atoms with Crippen molar-refractivity contribution >= 4 is 111 Å². The van der Waals surface area contributed by atoms with Gasteiger partial charge < -0.3 is 57.9 Å². The number of nitrogens with two attached hydrogens (primary N) is 1. The summed E-state index contributed by atoms with van der Waals surface area (Å²) in [5, 5.41) is 39.2. The number of hydrogen-bond donors (Lipinski definition) is 10. The standard InChI is InChI=1S/C31H38Cl2N4O7.C26H30Cl2N4O5/c1-30(2,3)44-29(43)35-18-24(38)34-16-15-31(13-4-5-14-31)28(42)37-23(27(40)41)17-19-9-11-20(12-10-19)36-26(39)25-21(32)7-6-8-22(25)33;27-18-4-3-5-19(28)22(18)23(34)31-17-8-6-16(7-9-17)14-20(24(35)36)32-25(37)26(10-1-2-11-26)12-13-30-21(33)15-29/h6-12,23H,4-5,13-18H2,1-3H3,(H,34,38)(H,35,43)(H,36,39)(H,37,42)(H,40,41);3-9,20H,1-2,10-15,29H2,(H,30,33)(H,31,34)(H,32,37)(H,35,36)/t23-;20-/m00/s1. The van der Waals surface area contributed by atoms with Gasteiger partial charge in [-0.05, 0) is 119 Å². The highest BCUT2D eigenvalue weighted by atomic mass is 35.5. The van der Waals surface area contributed by atoms with Crippen molar-refractivity contribution in [2.75, 3.05) is 36.8 Å². The average Bonchev–Trinajstić information content (AvgIpc) is 4.17. The first-order chi connectivity index (χ1) is 38.3. The number of aliphatic carboxylic acids is 2. The molecule has 0 unspecified atom stereocenters. The molecule has 0 radical (unpaired) electrons. The molecule has 81 heavy (non-hydrogen) atoms. The van der Waals surface area contributed by atoms with Gasteiger partial charge in [-0.2, -0.15) is 0 Å². The Bertz CT molecular complexity index is 2870. The molecule has 2 saturated carbocycles. The summed E-state index contributed by atoms with van der Waals surface area (Å²) in [7, 11) is 0. The van der Waals surface area contributed by atoms with E-state index in [-0.39, 0.29) is 81.4 Å². The molecule has 2 fully saturated rings. The summed E-state index contributed by atoms with van der Waals surface area (Å²) in [6.45, 7) is 5.23. The van der Waals surface area contributed by atoms with Crippen molar-refractivity contribution in [1.82, 2.24) is 26.6 Å². The molecule has 2 aliphatic carbocycles. The Balaban J connectivity index is 0.000000302. The predicted molar refractivity (Wildman–Crippen MR) is 309 cm³/mol. The van der Waals surface area contributed by atoms with Crippen LogP contribution in [0, 0.1) is 10.8 Å². The zero-order chi connectivity index (χ0) is 59.5. The van der Waals surface area contributed by atoms with Crippen molar-refractivity contribution in [1.29, 1.82) is 0 Å². The van der Waals surface area contributed by atoms with Gasteiger partial charge in [0.15, 0.2) is 0 Å². The van der Waals surface area contributed by atoms with Gasteiger partial charge in [0.2, 0.25) is 23.6 Å².